The first kappa shape index (κ1) is 19.8. The molecule has 0 saturated heterocycles. The van der Waals surface area contributed by atoms with Crippen molar-refractivity contribution in [2.24, 2.45) is 0 Å². The van der Waals surface area contributed by atoms with Crippen LogP contribution in [0.25, 0.3) is 0 Å². The molecule has 26 heavy (non-hydrogen) atoms. The molecule has 0 unspecified atom stereocenters. The molecule has 2 amide bonds. The fourth-order valence-corrected chi connectivity index (χ4v) is 2.82. The second-order valence-electron chi connectivity index (χ2n) is 6.06. The van der Waals surface area contributed by atoms with Crippen LogP contribution in [0, 0.1) is 13.8 Å². The molecule has 0 fully saturated rings. The number of anilines is 2. The van der Waals surface area contributed by atoms with Crippen molar-refractivity contribution in [3.63, 3.8) is 0 Å². The van der Waals surface area contributed by atoms with E-state index in [0.29, 0.717) is 23.0 Å². The Kier molecular flexibility index (Phi) is 6.64. The first-order chi connectivity index (χ1) is 12.3. The van der Waals surface area contributed by atoms with Gasteiger partial charge in [-0.15, -0.1) is 0 Å². The molecule has 0 heterocycles. The molecule has 0 saturated carbocycles. The van der Waals surface area contributed by atoms with E-state index >= 15 is 0 Å². The Hall–Kier alpha value is -2.53. The molecule has 0 bridgehead atoms. The van der Waals surface area contributed by atoms with Gasteiger partial charge in [-0.1, -0.05) is 29.8 Å². The molecule has 0 spiro atoms. The lowest BCUT2D eigenvalue weighted by molar-refractivity contribution is -0.117. The average molecular weight is 375 g/mol. The second kappa shape index (κ2) is 8.72. The van der Waals surface area contributed by atoms with Gasteiger partial charge in [0, 0.05) is 36.7 Å². The van der Waals surface area contributed by atoms with Crippen molar-refractivity contribution in [3.8, 4) is 5.75 Å². The molecular weight excluding hydrogens is 352 g/mol. The topological polar surface area (TPSA) is 58.6 Å². The molecular formula is C20H23ClN2O3. The predicted octanol–water partition coefficient (Wildman–Crippen LogP) is 4.35. The summed E-state index contributed by atoms with van der Waals surface area (Å²) >= 11 is 6.08. The number of hydrogen-bond acceptors (Lipinski definition) is 3. The Morgan fingerprint density at radius 1 is 1.15 bits per heavy atom. The van der Waals surface area contributed by atoms with Gasteiger partial charge in [0.1, 0.15) is 5.75 Å². The molecule has 0 aliphatic heterocycles. The number of nitrogens with zero attached hydrogens (tertiary/aromatic N) is 1. The summed E-state index contributed by atoms with van der Waals surface area (Å²) in [5, 5.41) is 3.40. The summed E-state index contributed by atoms with van der Waals surface area (Å²) in [5.41, 5.74) is 3.20. The third-order valence-electron chi connectivity index (χ3n) is 4.10. The first-order valence-electron chi connectivity index (χ1n) is 8.31. The Balaban J connectivity index is 2.09. The molecule has 0 aromatic heterocycles. The highest BCUT2D eigenvalue weighted by Crippen LogP contribution is 2.31. The lowest BCUT2D eigenvalue weighted by atomic mass is 10.1. The van der Waals surface area contributed by atoms with Gasteiger partial charge in [0.05, 0.1) is 12.8 Å². The van der Waals surface area contributed by atoms with Gasteiger partial charge in [0.25, 0.3) is 0 Å². The highest BCUT2D eigenvalue weighted by Gasteiger charge is 2.16. The summed E-state index contributed by atoms with van der Waals surface area (Å²) in [6, 6.07) is 11.0. The zero-order valence-electron chi connectivity index (χ0n) is 15.4. The zero-order valence-corrected chi connectivity index (χ0v) is 16.2. The number of ether oxygens (including phenoxy) is 1. The normalized spacial score (nSPS) is 10.3. The summed E-state index contributed by atoms with van der Waals surface area (Å²) < 4.78 is 5.27. The minimum absolute atomic E-state index is 0.105. The molecule has 0 radical (unpaired) electrons. The number of aryl methyl sites for hydroxylation is 2. The van der Waals surface area contributed by atoms with Gasteiger partial charge >= 0.3 is 0 Å². The lowest BCUT2D eigenvalue weighted by Gasteiger charge is -2.23. The van der Waals surface area contributed by atoms with Crippen LogP contribution in [0.15, 0.2) is 36.4 Å². The van der Waals surface area contributed by atoms with E-state index in [9.17, 15) is 9.59 Å². The largest absolute Gasteiger partial charge is 0.495 e. The van der Waals surface area contributed by atoms with Crippen LogP contribution in [0.1, 0.15) is 24.5 Å². The van der Waals surface area contributed by atoms with Crippen molar-refractivity contribution in [1.29, 1.82) is 0 Å². The van der Waals surface area contributed by atoms with Crippen molar-refractivity contribution in [2.75, 3.05) is 23.9 Å². The number of para-hydroxylation sites is 1. The highest BCUT2D eigenvalue weighted by atomic mass is 35.5. The van der Waals surface area contributed by atoms with Crippen molar-refractivity contribution in [1.82, 2.24) is 0 Å². The molecule has 2 rings (SSSR count). The van der Waals surface area contributed by atoms with Crippen molar-refractivity contribution in [2.45, 2.75) is 27.2 Å². The van der Waals surface area contributed by atoms with Crippen LogP contribution in [0.4, 0.5) is 11.4 Å². The fraction of sp³-hybridized carbons (Fsp3) is 0.300. The maximum Gasteiger partial charge on any atom is 0.226 e. The van der Waals surface area contributed by atoms with Crippen molar-refractivity contribution < 1.29 is 14.3 Å². The molecule has 2 aromatic carbocycles. The van der Waals surface area contributed by atoms with Crippen LogP contribution in [-0.2, 0) is 9.59 Å². The number of nitrogens with one attached hydrogen (secondary N) is 1. The van der Waals surface area contributed by atoms with E-state index in [1.165, 1.54) is 14.0 Å². The first-order valence-corrected chi connectivity index (χ1v) is 8.69. The van der Waals surface area contributed by atoms with Gasteiger partial charge in [-0.05, 0) is 37.1 Å². The van der Waals surface area contributed by atoms with Gasteiger partial charge in [-0.25, -0.2) is 0 Å². The van der Waals surface area contributed by atoms with Crippen LogP contribution >= 0.6 is 11.6 Å². The van der Waals surface area contributed by atoms with E-state index in [-0.39, 0.29) is 18.2 Å². The Labute approximate surface area is 158 Å². The van der Waals surface area contributed by atoms with E-state index in [1.807, 2.05) is 38.1 Å². The van der Waals surface area contributed by atoms with Gasteiger partial charge < -0.3 is 15.0 Å². The van der Waals surface area contributed by atoms with Crippen LogP contribution < -0.4 is 15.0 Å². The maximum absolute atomic E-state index is 12.4. The van der Waals surface area contributed by atoms with E-state index < -0.39 is 0 Å². The van der Waals surface area contributed by atoms with Crippen LogP contribution in [0.2, 0.25) is 5.02 Å². The highest BCUT2D eigenvalue weighted by molar-refractivity contribution is 6.31. The third kappa shape index (κ3) is 4.76. The molecule has 5 nitrogen and oxygen atoms in total. The van der Waals surface area contributed by atoms with Gasteiger partial charge in [-0.2, -0.15) is 0 Å². The minimum Gasteiger partial charge on any atom is -0.495 e. The number of amides is 2. The van der Waals surface area contributed by atoms with E-state index in [2.05, 4.69) is 5.32 Å². The van der Waals surface area contributed by atoms with E-state index in [4.69, 9.17) is 16.3 Å². The van der Waals surface area contributed by atoms with Gasteiger partial charge in [-0.3, -0.25) is 9.59 Å². The quantitative estimate of drug-likeness (QED) is 0.817. The second-order valence-corrected chi connectivity index (χ2v) is 6.46. The summed E-state index contributed by atoms with van der Waals surface area (Å²) in [5.74, 6) is 0.188. The number of methoxy groups -OCH3 is 1. The van der Waals surface area contributed by atoms with Gasteiger partial charge in [0.2, 0.25) is 11.8 Å². The number of rotatable bonds is 6. The third-order valence-corrected chi connectivity index (χ3v) is 4.51. The van der Waals surface area contributed by atoms with Crippen molar-refractivity contribution in [3.05, 3.63) is 52.5 Å². The zero-order chi connectivity index (χ0) is 19.3. The SMILES string of the molecule is COc1cc(Cl)c(C)cc1NC(=O)CCN(C(C)=O)c1ccccc1C. The standard InChI is InChI=1S/C20H23ClN2O3/c1-13-7-5-6-8-18(13)23(15(3)24)10-9-20(25)22-17-11-14(2)16(21)12-19(17)26-4/h5-8,11-12H,9-10H2,1-4H3,(H,22,25). The average Bonchev–Trinajstić information content (AvgIpc) is 2.59. The molecule has 6 heteroatoms. The number of carbonyl (C=O) groups excluding carboxylic acids is 2. The molecule has 138 valence electrons. The molecule has 0 aliphatic rings. The summed E-state index contributed by atoms with van der Waals surface area (Å²) in [7, 11) is 1.52. The molecule has 0 aliphatic carbocycles. The predicted molar refractivity (Wildman–Crippen MR) is 105 cm³/mol. The number of benzene rings is 2. The lowest BCUT2D eigenvalue weighted by Crippen LogP contribution is -2.32. The minimum atomic E-state index is -0.204. The molecule has 0 atom stereocenters. The number of halogens is 1. The van der Waals surface area contributed by atoms with Crippen LogP contribution in [-0.4, -0.2) is 25.5 Å². The smallest absolute Gasteiger partial charge is 0.226 e. The van der Waals surface area contributed by atoms with E-state index in [1.54, 1.807) is 17.0 Å². The monoisotopic (exact) mass is 374 g/mol. The fourth-order valence-electron chi connectivity index (χ4n) is 2.67. The number of hydrogen-bond donors (Lipinski definition) is 1. The molecule has 2 aromatic rings. The van der Waals surface area contributed by atoms with Crippen LogP contribution in [0.3, 0.4) is 0 Å². The van der Waals surface area contributed by atoms with Gasteiger partial charge in [0.15, 0.2) is 0 Å². The Morgan fingerprint density at radius 2 is 1.85 bits per heavy atom. The van der Waals surface area contributed by atoms with E-state index in [0.717, 1.165) is 16.8 Å². The summed E-state index contributed by atoms with van der Waals surface area (Å²) in [6.07, 6.45) is 0.165. The maximum atomic E-state index is 12.4. The van der Waals surface area contributed by atoms with Crippen LogP contribution in [0.5, 0.6) is 5.75 Å². The summed E-state index contributed by atoms with van der Waals surface area (Å²) in [4.78, 5) is 26.0. The Morgan fingerprint density at radius 3 is 2.46 bits per heavy atom. The number of carbonyl (C=O) groups is 2. The van der Waals surface area contributed by atoms with Crippen molar-refractivity contribution >= 4 is 34.8 Å². The molecule has 1 N–H and O–H groups in total. The summed E-state index contributed by atoms with van der Waals surface area (Å²) in [6.45, 7) is 5.58. The Bertz CT molecular complexity index is 821.